The third kappa shape index (κ3) is 3.13. The molecule has 2 aromatic heterocycles. The average Bonchev–Trinajstić information content (AvgIpc) is 2.78. The van der Waals surface area contributed by atoms with Crippen LogP contribution in [-0.4, -0.2) is 15.5 Å². The molecule has 0 saturated carbocycles. The van der Waals surface area contributed by atoms with E-state index in [1.54, 1.807) is 24.3 Å². The Hall–Kier alpha value is -2.18. The van der Waals surface area contributed by atoms with E-state index < -0.39 is 0 Å². The van der Waals surface area contributed by atoms with Crippen molar-refractivity contribution in [3.8, 4) is 0 Å². The van der Waals surface area contributed by atoms with Crippen molar-refractivity contribution in [1.82, 2.24) is 9.55 Å². The zero-order chi connectivity index (χ0) is 16.6. The molecule has 0 bridgehead atoms. The van der Waals surface area contributed by atoms with Gasteiger partial charge in [0, 0.05) is 15.6 Å². The number of nitrogens with zero attached hydrogens (tertiary/aromatic N) is 2. The summed E-state index contributed by atoms with van der Waals surface area (Å²) in [7, 11) is 0. The van der Waals surface area contributed by atoms with Crippen LogP contribution in [0.4, 0.5) is 5.69 Å². The van der Waals surface area contributed by atoms with Crippen LogP contribution in [-0.2, 0) is 11.3 Å². The molecule has 0 spiro atoms. The molecule has 0 atom stereocenters. The molecule has 0 aliphatic rings. The minimum atomic E-state index is -0.305. The molecule has 0 fully saturated rings. The molecular formula is C16H14ClN3O2S. The van der Waals surface area contributed by atoms with E-state index in [1.165, 1.54) is 22.2 Å². The van der Waals surface area contributed by atoms with Gasteiger partial charge in [-0.3, -0.25) is 14.2 Å². The fourth-order valence-electron chi connectivity index (χ4n) is 2.30. The quantitative estimate of drug-likeness (QED) is 0.790. The Kier molecular flexibility index (Phi) is 4.19. The summed E-state index contributed by atoms with van der Waals surface area (Å²) in [5.74, 6) is -0.305. The first-order valence-electron chi connectivity index (χ1n) is 6.96. The first-order chi connectivity index (χ1) is 11.0. The lowest BCUT2D eigenvalue weighted by Gasteiger charge is -2.07. The second kappa shape index (κ2) is 6.14. The van der Waals surface area contributed by atoms with Crippen molar-refractivity contribution in [3.63, 3.8) is 0 Å². The van der Waals surface area contributed by atoms with Crippen LogP contribution in [0.2, 0.25) is 5.02 Å². The lowest BCUT2D eigenvalue weighted by atomic mass is 10.2. The summed E-state index contributed by atoms with van der Waals surface area (Å²) in [4.78, 5) is 30.7. The largest absolute Gasteiger partial charge is 0.324 e. The van der Waals surface area contributed by atoms with E-state index in [4.69, 9.17) is 11.6 Å². The third-order valence-electron chi connectivity index (χ3n) is 3.58. The minimum Gasteiger partial charge on any atom is -0.324 e. The molecule has 5 nitrogen and oxygen atoms in total. The van der Waals surface area contributed by atoms with Gasteiger partial charge in [0.1, 0.15) is 11.4 Å². The number of carbonyl (C=O) groups is 1. The molecule has 0 aliphatic carbocycles. The molecule has 2 heterocycles. The molecule has 0 radical (unpaired) electrons. The Labute approximate surface area is 141 Å². The Bertz CT molecular complexity index is 962. The predicted molar refractivity (Wildman–Crippen MR) is 93.4 cm³/mol. The van der Waals surface area contributed by atoms with Crippen molar-refractivity contribution in [2.75, 3.05) is 5.32 Å². The highest BCUT2D eigenvalue weighted by Crippen LogP contribution is 2.25. The van der Waals surface area contributed by atoms with E-state index in [0.29, 0.717) is 20.9 Å². The highest BCUT2D eigenvalue weighted by molar-refractivity contribution is 7.18. The number of amides is 1. The van der Waals surface area contributed by atoms with Crippen molar-refractivity contribution in [1.29, 1.82) is 0 Å². The molecule has 0 unspecified atom stereocenters. The SMILES string of the molecule is Cc1sc2ncn(CC(=O)Nc3cccc(Cl)c3)c(=O)c2c1C. The van der Waals surface area contributed by atoms with Crippen molar-refractivity contribution in [2.45, 2.75) is 20.4 Å². The van der Waals surface area contributed by atoms with Crippen LogP contribution in [0.15, 0.2) is 35.4 Å². The summed E-state index contributed by atoms with van der Waals surface area (Å²) >= 11 is 7.37. The number of halogens is 1. The van der Waals surface area contributed by atoms with Crippen molar-refractivity contribution >= 4 is 44.7 Å². The molecule has 1 N–H and O–H groups in total. The number of thiophene rings is 1. The third-order valence-corrected chi connectivity index (χ3v) is 4.93. The summed E-state index contributed by atoms with van der Waals surface area (Å²) in [6.45, 7) is 3.76. The first kappa shape index (κ1) is 15.7. The van der Waals surface area contributed by atoms with Gasteiger partial charge in [-0.05, 0) is 37.6 Å². The molecule has 3 aromatic rings. The Morgan fingerprint density at radius 2 is 2.17 bits per heavy atom. The van der Waals surface area contributed by atoms with E-state index in [-0.39, 0.29) is 18.0 Å². The molecule has 3 rings (SSSR count). The van der Waals surface area contributed by atoms with Gasteiger partial charge in [0.15, 0.2) is 0 Å². The number of hydrogen-bond acceptors (Lipinski definition) is 4. The monoisotopic (exact) mass is 347 g/mol. The maximum Gasteiger partial charge on any atom is 0.262 e. The number of aryl methyl sites for hydroxylation is 2. The average molecular weight is 348 g/mol. The molecule has 7 heteroatoms. The van der Waals surface area contributed by atoms with E-state index >= 15 is 0 Å². The number of carbonyl (C=O) groups excluding carboxylic acids is 1. The van der Waals surface area contributed by atoms with Gasteiger partial charge in [-0.1, -0.05) is 17.7 Å². The van der Waals surface area contributed by atoms with E-state index in [1.807, 2.05) is 13.8 Å². The lowest BCUT2D eigenvalue weighted by molar-refractivity contribution is -0.116. The number of hydrogen-bond donors (Lipinski definition) is 1. The van der Waals surface area contributed by atoms with Gasteiger partial charge in [0.25, 0.3) is 5.56 Å². The molecule has 0 aliphatic heterocycles. The highest BCUT2D eigenvalue weighted by Gasteiger charge is 2.13. The number of anilines is 1. The van der Waals surface area contributed by atoms with Crippen LogP contribution in [0.25, 0.3) is 10.2 Å². The molecule has 1 aromatic carbocycles. The summed E-state index contributed by atoms with van der Waals surface area (Å²) in [6.07, 6.45) is 1.41. The zero-order valence-corrected chi connectivity index (χ0v) is 14.2. The number of nitrogens with one attached hydrogen (secondary N) is 1. The van der Waals surface area contributed by atoms with Gasteiger partial charge in [-0.25, -0.2) is 4.98 Å². The second-order valence-corrected chi connectivity index (χ2v) is 6.84. The predicted octanol–water partition coefficient (Wildman–Crippen LogP) is 3.37. The van der Waals surface area contributed by atoms with Crippen LogP contribution >= 0.6 is 22.9 Å². The van der Waals surface area contributed by atoms with Crippen molar-refractivity contribution in [2.24, 2.45) is 0 Å². The first-order valence-corrected chi connectivity index (χ1v) is 8.15. The molecular weight excluding hydrogens is 334 g/mol. The fourth-order valence-corrected chi connectivity index (χ4v) is 3.48. The Morgan fingerprint density at radius 3 is 2.91 bits per heavy atom. The summed E-state index contributed by atoms with van der Waals surface area (Å²) in [5, 5.41) is 3.84. The van der Waals surface area contributed by atoms with E-state index in [0.717, 1.165) is 10.4 Å². The molecule has 1 amide bonds. The molecule has 23 heavy (non-hydrogen) atoms. The van der Waals surface area contributed by atoms with E-state index in [9.17, 15) is 9.59 Å². The van der Waals surface area contributed by atoms with Gasteiger partial charge in [-0.15, -0.1) is 11.3 Å². The van der Waals surface area contributed by atoms with Gasteiger partial charge in [-0.2, -0.15) is 0 Å². The maximum atomic E-state index is 12.5. The summed E-state index contributed by atoms with van der Waals surface area (Å²) < 4.78 is 1.32. The highest BCUT2D eigenvalue weighted by atomic mass is 35.5. The van der Waals surface area contributed by atoms with Gasteiger partial charge in [0.2, 0.25) is 5.91 Å². The van der Waals surface area contributed by atoms with Crippen LogP contribution in [0, 0.1) is 13.8 Å². The van der Waals surface area contributed by atoms with E-state index in [2.05, 4.69) is 10.3 Å². The second-order valence-electron chi connectivity index (χ2n) is 5.20. The van der Waals surface area contributed by atoms with Gasteiger partial charge >= 0.3 is 0 Å². The number of benzene rings is 1. The van der Waals surface area contributed by atoms with Gasteiger partial charge < -0.3 is 5.32 Å². The van der Waals surface area contributed by atoms with Crippen molar-refractivity contribution < 1.29 is 4.79 Å². The lowest BCUT2D eigenvalue weighted by Crippen LogP contribution is -2.27. The van der Waals surface area contributed by atoms with Crippen LogP contribution in [0.3, 0.4) is 0 Å². The molecule has 118 valence electrons. The summed E-state index contributed by atoms with van der Waals surface area (Å²) in [6, 6.07) is 6.85. The number of fused-ring (bicyclic) bond motifs is 1. The van der Waals surface area contributed by atoms with Crippen LogP contribution in [0.5, 0.6) is 0 Å². The minimum absolute atomic E-state index is 0.0946. The standard InChI is InChI=1S/C16H14ClN3O2S/c1-9-10(2)23-15-14(9)16(22)20(8-18-15)7-13(21)19-12-5-3-4-11(17)6-12/h3-6,8H,7H2,1-2H3,(H,19,21). The normalized spacial score (nSPS) is 10.9. The van der Waals surface area contributed by atoms with Gasteiger partial charge in [0.05, 0.1) is 11.7 Å². The maximum absolute atomic E-state index is 12.5. The van der Waals surface area contributed by atoms with Crippen LogP contribution < -0.4 is 10.9 Å². The smallest absolute Gasteiger partial charge is 0.262 e. The summed E-state index contributed by atoms with van der Waals surface area (Å²) in [5.41, 5.74) is 1.32. The zero-order valence-electron chi connectivity index (χ0n) is 12.6. The van der Waals surface area contributed by atoms with Crippen LogP contribution in [0.1, 0.15) is 10.4 Å². The number of aromatic nitrogens is 2. The number of rotatable bonds is 3. The Balaban J connectivity index is 1.86. The molecule has 0 saturated heterocycles. The van der Waals surface area contributed by atoms with Crippen molar-refractivity contribution in [3.05, 3.63) is 56.4 Å². The topological polar surface area (TPSA) is 64.0 Å². The Morgan fingerprint density at radius 1 is 1.39 bits per heavy atom. The fraction of sp³-hybridized carbons (Fsp3) is 0.188.